The summed E-state index contributed by atoms with van der Waals surface area (Å²) < 4.78 is 0. The standard InChI is InChI=1S/C15H22N2O4/c1-10-7-12(5-6-13(10)17(20)21)14(19)16-9-15(3,4)8-11(2)18/h5-7,11,18H,8-9H2,1-4H3,(H,16,19). The van der Waals surface area contributed by atoms with Gasteiger partial charge in [0.1, 0.15) is 0 Å². The molecule has 0 radical (unpaired) electrons. The van der Waals surface area contributed by atoms with Gasteiger partial charge in [-0.1, -0.05) is 13.8 Å². The van der Waals surface area contributed by atoms with Crippen molar-refractivity contribution < 1.29 is 14.8 Å². The maximum absolute atomic E-state index is 12.1. The third kappa shape index (κ3) is 5.15. The summed E-state index contributed by atoms with van der Waals surface area (Å²) in [5.74, 6) is -0.272. The van der Waals surface area contributed by atoms with Gasteiger partial charge in [0, 0.05) is 23.7 Å². The predicted molar refractivity (Wildman–Crippen MR) is 80.2 cm³/mol. The maximum Gasteiger partial charge on any atom is 0.272 e. The molecule has 0 bridgehead atoms. The van der Waals surface area contributed by atoms with Crippen molar-refractivity contribution >= 4 is 11.6 Å². The number of hydrogen-bond donors (Lipinski definition) is 2. The summed E-state index contributed by atoms with van der Waals surface area (Å²) in [5.41, 5.74) is 0.627. The molecule has 0 aliphatic rings. The van der Waals surface area contributed by atoms with Crippen molar-refractivity contribution in [1.82, 2.24) is 5.32 Å². The maximum atomic E-state index is 12.1. The summed E-state index contributed by atoms with van der Waals surface area (Å²) in [4.78, 5) is 22.3. The van der Waals surface area contributed by atoms with Gasteiger partial charge in [-0.15, -0.1) is 0 Å². The van der Waals surface area contributed by atoms with Crippen LogP contribution in [0, 0.1) is 22.5 Å². The Balaban J connectivity index is 2.73. The van der Waals surface area contributed by atoms with Crippen LogP contribution in [0.15, 0.2) is 18.2 Å². The number of hydrogen-bond acceptors (Lipinski definition) is 4. The Morgan fingerprint density at radius 1 is 1.48 bits per heavy atom. The van der Waals surface area contributed by atoms with E-state index in [0.717, 1.165) is 0 Å². The first kappa shape index (κ1) is 17.1. The largest absolute Gasteiger partial charge is 0.393 e. The molecule has 21 heavy (non-hydrogen) atoms. The lowest BCUT2D eigenvalue weighted by molar-refractivity contribution is -0.385. The van der Waals surface area contributed by atoms with Gasteiger partial charge in [-0.05, 0) is 37.8 Å². The number of amides is 1. The molecule has 1 atom stereocenters. The minimum absolute atomic E-state index is 0.000912. The van der Waals surface area contributed by atoms with E-state index < -0.39 is 11.0 Å². The molecule has 0 saturated carbocycles. The summed E-state index contributed by atoms with van der Waals surface area (Å²) in [6, 6.07) is 4.29. The zero-order valence-electron chi connectivity index (χ0n) is 12.8. The van der Waals surface area contributed by atoms with Crippen LogP contribution in [0.25, 0.3) is 0 Å². The molecule has 1 rings (SSSR count). The highest BCUT2D eigenvalue weighted by molar-refractivity contribution is 5.94. The fraction of sp³-hybridized carbons (Fsp3) is 0.533. The van der Waals surface area contributed by atoms with Crippen molar-refractivity contribution in [1.29, 1.82) is 0 Å². The van der Waals surface area contributed by atoms with E-state index in [1.807, 2.05) is 13.8 Å². The molecule has 1 unspecified atom stereocenters. The molecule has 2 N–H and O–H groups in total. The molecule has 6 heteroatoms. The van der Waals surface area contributed by atoms with E-state index in [-0.39, 0.29) is 17.0 Å². The molecule has 0 aliphatic heterocycles. The Kier molecular flexibility index (Phi) is 5.43. The van der Waals surface area contributed by atoms with E-state index in [1.165, 1.54) is 18.2 Å². The molecular weight excluding hydrogens is 272 g/mol. The van der Waals surface area contributed by atoms with Crippen molar-refractivity contribution in [2.75, 3.05) is 6.54 Å². The monoisotopic (exact) mass is 294 g/mol. The van der Waals surface area contributed by atoms with Crippen LogP contribution >= 0.6 is 0 Å². The van der Waals surface area contributed by atoms with E-state index in [0.29, 0.717) is 24.1 Å². The molecule has 1 aromatic rings. The van der Waals surface area contributed by atoms with Crippen LogP contribution in [0.4, 0.5) is 5.69 Å². The number of nitrogens with zero attached hydrogens (tertiary/aromatic N) is 1. The van der Waals surface area contributed by atoms with Gasteiger partial charge >= 0.3 is 0 Å². The molecule has 0 aromatic heterocycles. The molecule has 0 spiro atoms. The van der Waals surface area contributed by atoms with Gasteiger partial charge in [-0.2, -0.15) is 0 Å². The van der Waals surface area contributed by atoms with Gasteiger partial charge in [0.25, 0.3) is 11.6 Å². The first-order valence-corrected chi connectivity index (χ1v) is 6.84. The van der Waals surface area contributed by atoms with E-state index >= 15 is 0 Å². The third-order valence-corrected chi connectivity index (χ3v) is 3.23. The number of carbonyl (C=O) groups excluding carboxylic acids is 1. The first-order valence-electron chi connectivity index (χ1n) is 6.84. The van der Waals surface area contributed by atoms with Gasteiger partial charge < -0.3 is 10.4 Å². The van der Waals surface area contributed by atoms with Gasteiger partial charge in [-0.3, -0.25) is 14.9 Å². The molecule has 0 fully saturated rings. The van der Waals surface area contributed by atoms with Gasteiger partial charge in [0.05, 0.1) is 11.0 Å². The van der Waals surface area contributed by atoms with Gasteiger partial charge in [0.15, 0.2) is 0 Å². The number of rotatable bonds is 6. The van der Waals surface area contributed by atoms with Crippen LogP contribution in [0.5, 0.6) is 0 Å². The highest BCUT2D eigenvalue weighted by Crippen LogP contribution is 2.22. The van der Waals surface area contributed by atoms with Crippen LogP contribution in [0.2, 0.25) is 0 Å². The normalized spacial score (nSPS) is 12.8. The van der Waals surface area contributed by atoms with Gasteiger partial charge in [-0.25, -0.2) is 0 Å². The average Bonchev–Trinajstić information content (AvgIpc) is 2.33. The summed E-state index contributed by atoms with van der Waals surface area (Å²) in [6.45, 7) is 7.66. The molecule has 1 aromatic carbocycles. The summed E-state index contributed by atoms with van der Waals surface area (Å²) in [6.07, 6.45) is 0.144. The average molecular weight is 294 g/mol. The smallest absolute Gasteiger partial charge is 0.272 e. The highest BCUT2D eigenvalue weighted by atomic mass is 16.6. The molecular formula is C15H22N2O4. The topological polar surface area (TPSA) is 92.5 Å². The molecule has 116 valence electrons. The highest BCUT2D eigenvalue weighted by Gasteiger charge is 2.22. The van der Waals surface area contributed by atoms with E-state index in [9.17, 15) is 20.0 Å². The van der Waals surface area contributed by atoms with Crippen LogP contribution < -0.4 is 5.32 Å². The lowest BCUT2D eigenvalue weighted by atomic mass is 9.87. The number of benzene rings is 1. The predicted octanol–water partition coefficient (Wildman–Crippen LogP) is 2.43. The third-order valence-electron chi connectivity index (χ3n) is 3.23. The van der Waals surface area contributed by atoms with Crippen molar-refractivity contribution in [2.24, 2.45) is 5.41 Å². The minimum Gasteiger partial charge on any atom is -0.393 e. The number of aliphatic hydroxyl groups excluding tert-OH is 1. The fourth-order valence-corrected chi connectivity index (χ4v) is 2.30. The number of nitro benzene ring substituents is 1. The second kappa shape index (κ2) is 6.67. The van der Waals surface area contributed by atoms with Crippen molar-refractivity contribution in [3.05, 3.63) is 39.4 Å². The molecule has 6 nitrogen and oxygen atoms in total. The first-order chi connectivity index (χ1) is 9.62. The van der Waals surface area contributed by atoms with Crippen LogP contribution in [-0.2, 0) is 0 Å². The van der Waals surface area contributed by atoms with E-state index in [1.54, 1.807) is 13.8 Å². The lowest BCUT2D eigenvalue weighted by Crippen LogP contribution is -2.35. The molecule has 0 saturated heterocycles. The number of nitrogens with one attached hydrogen (secondary N) is 1. The van der Waals surface area contributed by atoms with Crippen molar-refractivity contribution in [2.45, 2.75) is 40.2 Å². The molecule has 0 heterocycles. The number of nitro groups is 1. The van der Waals surface area contributed by atoms with Crippen LogP contribution in [0.3, 0.4) is 0 Å². The minimum atomic E-state index is -0.469. The Labute approximate surface area is 124 Å². The quantitative estimate of drug-likeness (QED) is 0.622. The van der Waals surface area contributed by atoms with E-state index in [4.69, 9.17) is 0 Å². The van der Waals surface area contributed by atoms with Crippen molar-refractivity contribution in [3.8, 4) is 0 Å². The SMILES string of the molecule is Cc1cc(C(=O)NCC(C)(C)CC(C)O)ccc1[N+](=O)[O-]. The second-order valence-corrected chi connectivity index (χ2v) is 6.16. The Morgan fingerprint density at radius 3 is 2.57 bits per heavy atom. The lowest BCUT2D eigenvalue weighted by Gasteiger charge is -2.26. The number of carbonyl (C=O) groups is 1. The summed E-state index contributed by atoms with van der Waals surface area (Å²) in [5, 5.41) is 23.0. The fourth-order valence-electron chi connectivity index (χ4n) is 2.30. The Bertz CT molecular complexity index is 538. The van der Waals surface area contributed by atoms with Gasteiger partial charge in [0.2, 0.25) is 0 Å². The molecule has 1 amide bonds. The number of aryl methyl sites for hydroxylation is 1. The van der Waals surface area contributed by atoms with Crippen molar-refractivity contribution in [3.63, 3.8) is 0 Å². The Hall–Kier alpha value is -1.95. The second-order valence-electron chi connectivity index (χ2n) is 6.16. The zero-order chi connectivity index (χ0) is 16.2. The number of aliphatic hydroxyl groups is 1. The molecule has 0 aliphatic carbocycles. The van der Waals surface area contributed by atoms with Crippen LogP contribution in [-0.4, -0.2) is 28.6 Å². The zero-order valence-corrected chi connectivity index (χ0v) is 12.8. The summed E-state index contributed by atoms with van der Waals surface area (Å²) in [7, 11) is 0. The summed E-state index contributed by atoms with van der Waals surface area (Å²) >= 11 is 0. The Morgan fingerprint density at radius 2 is 2.10 bits per heavy atom. The van der Waals surface area contributed by atoms with Crippen LogP contribution in [0.1, 0.15) is 43.1 Å². The van der Waals surface area contributed by atoms with E-state index in [2.05, 4.69) is 5.32 Å².